The van der Waals surface area contributed by atoms with E-state index in [0.717, 1.165) is 28.3 Å². The van der Waals surface area contributed by atoms with Gasteiger partial charge in [-0.05, 0) is 64.8 Å². The van der Waals surface area contributed by atoms with Gasteiger partial charge in [0.15, 0.2) is 0 Å². The van der Waals surface area contributed by atoms with Crippen molar-refractivity contribution in [1.29, 1.82) is 0 Å². The molecule has 2 aliphatic rings. The van der Waals surface area contributed by atoms with Crippen LogP contribution in [0.1, 0.15) is 47.4 Å². The zero-order valence-corrected chi connectivity index (χ0v) is 19.9. The van der Waals surface area contributed by atoms with Crippen LogP contribution >= 0.6 is 11.8 Å². The van der Waals surface area contributed by atoms with Crippen LogP contribution in [0.3, 0.4) is 0 Å². The number of rotatable bonds is 5. The first-order valence-corrected chi connectivity index (χ1v) is 13.0. The molecule has 6 heteroatoms. The molecular weight excluding hydrogens is 454 g/mol. The second-order valence-corrected chi connectivity index (χ2v) is 10.3. The number of hydrogen-bond donors (Lipinski definition) is 0. The molecule has 0 unspecified atom stereocenters. The van der Waals surface area contributed by atoms with Crippen LogP contribution < -0.4 is 5.56 Å². The highest BCUT2D eigenvalue weighted by Crippen LogP contribution is 2.49. The maximum Gasteiger partial charge on any atom is 0.252 e. The minimum absolute atomic E-state index is 0.00842. The van der Waals surface area contributed by atoms with E-state index in [1.54, 1.807) is 11.8 Å². The molecule has 3 aromatic carbocycles. The molecule has 0 spiro atoms. The third-order valence-corrected chi connectivity index (χ3v) is 8.19. The van der Waals surface area contributed by atoms with Crippen molar-refractivity contribution in [1.82, 2.24) is 14.8 Å². The van der Waals surface area contributed by atoms with E-state index in [1.165, 1.54) is 34.7 Å². The van der Waals surface area contributed by atoms with Crippen LogP contribution in [0, 0.1) is 0 Å². The van der Waals surface area contributed by atoms with Crippen LogP contribution in [0.2, 0.25) is 0 Å². The maximum atomic E-state index is 13.5. The van der Waals surface area contributed by atoms with Gasteiger partial charge in [0.1, 0.15) is 6.04 Å². The van der Waals surface area contributed by atoms with Gasteiger partial charge in [-0.1, -0.05) is 60.7 Å². The van der Waals surface area contributed by atoms with Crippen LogP contribution in [0.15, 0.2) is 93.1 Å². The lowest BCUT2D eigenvalue weighted by atomic mass is 9.95. The van der Waals surface area contributed by atoms with Gasteiger partial charge in [0.05, 0.1) is 5.03 Å². The summed E-state index contributed by atoms with van der Waals surface area (Å²) >= 11 is 1.75. The zero-order chi connectivity index (χ0) is 23.4. The fourth-order valence-electron chi connectivity index (χ4n) is 5.19. The molecule has 5 aromatic rings. The molecule has 5 nitrogen and oxygen atoms in total. The lowest BCUT2D eigenvalue weighted by molar-refractivity contribution is 0.428. The van der Waals surface area contributed by atoms with Crippen LogP contribution in [-0.2, 0) is 6.42 Å². The molecule has 0 bridgehead atoms. The minimum atomic E-state index is -0.239. The monoisotopic (exact) mass is 477 g/mol. The molecule has 0 saturated heterocycles. The number of fused-ring (bicyclic) bond motifs is 2. The van der Waals surface area contributed by atoms with Gasteiger partial charge in [0, 0.05) is 17.4 Å². The molecule has 1 saturated carbocycles. The molecular formula is C29H23N3O2S. The number of benzene rings is 3. The van der Waals surface area contributed by atoms with Crippen LogP contribution in [0.25, 0.3) is 22.2 Å². The van der Waals surface area contributed by atoms with Crippen LogP contribution in [0.4, 0.5) is 0 Å². The average Bonchev–Trinajstić information content (AvgIpc) is 3.42. The quantitative estimate of drug-likeness (QED) is 0.301. The predicted octanol–water partition coefficient (Wildman–Crippen LogP) is 6.21. The molecule has 7 rings (SSSR count). The number of pyridine rings is 1. The molecule has 172 valence electrons. The van der Waals surface area contributed by atoms with Crippen LogP contribution in [0.5, 0.6) is 0 Å². The van der Waals surface area contributed by atoms with Crippen LogP contribution in [-0.4, -0.2) is 20.5 Å². The molecule has 0 amide bonds. The average molecular weight is 478 g/mol. The summed E-state index contributed by atoms with van der Waals surface area (Å²) in [5.74, 6) is 2.24. The number of thioether (sulfide) groups is 1. The summed E-state index contributed by atoms with van der Waals surface area (Å²) in [5.41, 5.74) is 4.65. The normalized spacial score (nSPS) is 17.1. The summed E-state index contributed by atoms with van der Waals surface area (Å²) < 4.78 is 7.96. The zero-order valence-electron chi connectivity index (χ0n) is 19.1. The van der Waals surface area contributed by atoms with E-state index in [-0.39, 0.29) is 11.6 Å². The van der Waals surface area contributed by atoms with Crippen molar-refractivity contribution in [3.63, 3.8) is 0 Å². The summed E-state index contributed by atoms with van der Waals surface area (Å²) in [6.07, 6.45) is 3.12. The highest BCUT2D eigenvalue weighted by molar-refractivity contribution is 7.99. The number of nitrogens with zero attached hydrogens (tertiary/aromatic N) is 3. The van der Waals surface area contributed by atoms with Crippen molar-refractivity contribution in [2.75, 3.05) is 5.75 Å². The Morgan fingerprint density at radius 1 is 0.914 bits per heavy atom. The van der Waals surface area contributed by atoms with Gasteiger partial charge in [-0.15, -0.1) is 22.0 Å². The number of aromatic nitrogens is 3. The Balaban J connectivity index is 1.30. The van der Waals surface area contributed by atoms with Crippen molar-refractivity contribution >= 4 is 22.5 Å². The molecule has 2 aromatic heterocycles. The molecule has 0 radical (unpaired) electrons. The minimum Gasteiger partial charge on any atom is -0.418 e. The van der Waals surface area contributed by atoms with Gasteiger partial charge in [-0.2, -0.15) is 0 Å². The number of hydrogen-bond acceptors (Lipinski definition) is 5. The van der Waals surface area contributed by atoms with E-state index < -0.39 is 0 Å². The molecule has 35 heavy (non-hydrogen) atoms. The first-order chi connectivity index (χ1) is 17.3. The third-order valence-electron chi connectivity index (χ3n) is 7.01. The fourth-order valence-corrected chi connectivity index (χ4v) is 6.61. The maximum absolute atomic E-state index is 13.5. The summed E-state index contributed by atoms with van der Waals surface area (Å²) in [7, 11) is 0. The molecule has 3 heterocycles. The van der Waals surface area contributed by atoms with Crippen molar-refractivity contribution in [3.05, 3.63) is 112 Å². The van der Waals surface area contributed by atoms with E-state index in [0.29, 0.717) is 17.7 Å². The first kappa shape index (κ1) is 20.7. The van der Waals surface area contributed by atoms with Gasteiger partial charge in [0.2, 0.25) is 11.8 Å². The van der Waals surface area contributed by atoms with E-state index >= 15 is 0 Å². The van der Waals surface area contributed by atoms with Crippen molar-refractivity contribution in [2.24, 2.45) is 0 Å². The summed E-state index contributed by atoms with van der Waals surface area (Å²) in [6, 6.07) is 26.3. The smallest absolute Gasteiger partial charge is 0.252 e. The highest BCUT2D eigenvalue weighted by atomic mass is 32.2. The third kappa shape index (κ3) is 3.60. The van der Waals surface area contributed by atoms with E-state index in [2.05, 4.69) is 52.7 Å². The second-order valence-electron chi connectivity index (χ2n) is 9.32. The van der Waals surface area contributed by atoms with E-state index in [1.807, 2.05) is 41.0 Å². The van der Waals surface area contributed by atoms with E-state index in [4.69, 9.17) is 4.42 Å². The first-order valence-electron chi connectivity index (χ1n) is 12.0. The lowest BCUT2D eigenvalue weighted by Gasteiger charge is -2.17. The summed E-state index contributed by atoms with van der Waals surface area (Å²) in [5, 5.41) is 12.2. The van der Waals surface area contributed by atoms with Gasteiger partial charge in [0.25, 0.3) is 5.56 Å². The van der Waals surface area contributed by atoms with Gasteiger partial charge in [-0.25, -0.2) is 0 Å². The Morgan fingerprint density at radius 2 is 1.71 bits per heavy atom. The highest BCUT2D eigenvalue weighted by Gasteiger charge is 2.37. The molecule has 0 N–H and O–H groups in total. The molecule has 1 aliphatic heterocycles. The summed E-state index contributed by atoms with van der Waals surface area (Å²) in [4.78, 5) is 13.5. The van der Waals surface area contributed by atoms with Gasteiger partial charge >= 0.3 is 0 Å². The Hall–Kier alpha value is -3.64. The van der Waals surface area contributed by atoms with Crippen molar-refractivity contribution < 1.29 is 4.42 Å². The Kier molecular flexibility index (Phi) is 4.87. The SMILES string of the molecule is O=c1cc(Cc2cccc3ccccc23)c(C2CC2)c2n1[C@H](c1nnc(-c3ccccc3)o1)CS2. The standard InChI is InChI=1S/C29H23N3O2S/c33-25-16-22(15-21-11-6-10-18-7-4-5-12-23(18)21)26(19-13-14-19)29-32(25)24(17-35-29)28-31-30-27(34-28)20-8-2-1-3-9-20/h1-12,16,19,24H,13-15,17H2/t24-/m0/s1. The van der Waals surface area contributed by atoms with Crippen molar-refractivity contribution in [3.8, 4) is 11.5 Å². The van der Waals surface area contributed by atoms with E-state index in [9.17, 15) is 4.79 Å². The topological polar surface area (TPSA) is 60.9 Å². The Labute approximate surface area is 206 Å². The largest absolute Gasteiger partial charge is 0.418 e. The fraction of sp³-hybridized carbons (Fsp3) is 0.207. The molecule has 1 aliphatic carbocycles. The lowest BCUT2D eigenvalue weighted by Crippen LogP contribution is -2.26. The van der Waals surface area contributed by atoms with Crippen molar-refractivity contribution in [2.45, 2.75) is 36.2 Å². The van der Waals surface area contributed by atoms with Gasteiger partial charge < -0.3 is 4.42 Å². The Bertz CT molecular complexity index is 1610. The van der Waals surface area contributed by atoms with Gasteiger partial charge in [-0.3, -0.25) is 9.36 Å². The Morgan fingerprint density at radius 3 is 2.57 bits per heavy atom. The second kappa shape index (κ2) is 8.24. The predicted molar refractivity (Wildman–Crippen MR) is 138 cm³/mol. The molecule has 1 atom stereocenters. The molecule has 1 fully saturated rings. The summed E-state index contributed by atoms with van der Waals surface area (Å²) in [6.45, 7) is 0.